The lowest BCUT2D eigenvalue weighted by molar-refractivity contribution is -0.162. The standard InChI is InChI=1S/C23H32N4O3/c1-4-30-23(29)22(28)26-14-16(2)5-8-21(26)17-6-7-20-18(13-17)15-27(24-20)19-9-11-25(3)12-10-19/h6-7,13,15-16,19,21H,4-5,8-12,14H2,1-3H3/t16-,21+/m0/s1. The summed E-state index contributed by atoms with van der Waals surface area (Å²) in [5.41, 5.74) is 2.04. The van der Waals surface area contributed by atoms with Gasteiger partial charge in [-0.25, -0.2) is 4.79 Å². The lowest BCUT2D eigenvalue weighted by atomic mass is 9.89. The van der Waals surface area contributed by atoms with E-state index in [1.54, 1.807) is 11.8 Å². The van der Waals surface area contributed by atoms with Gasteiger partial charge in [0.2, 0.25) is 0 Å². The van der Waals surface area contributed by atoms with Crippen molar-refractivity contribution in [3.05, 3.63) is 30.0 Å². The summed E-state index contributed by atoms with van der Waals surface area (Å²) in [6.07, 6.45) is 6.24. The van der Waals surface area contributed by atoms with Gasteiger partial charge in [-0.2, -0.15) is 5.10 Å². The molecule has 0 bridgehead atoms. The summed E-state index contributed by atoms with van der Waals surface area (Å²) in [6, 6.07) is 6.57. The molecular weight excluding hydrogens is 380 g/mol. The lowest BCUT2D eigenvalue weighted by Crippen LogP contribution is -2.45. The molecule has 2 atom stereocenters. The Kier molecular flexibility index (Phi) is 6.09. The Bertz CT molecular complexity index is 916. The molecule has 2 aliphatic rings. The molecule has 2 aromatic rings. The molecule has 4 rings (SSSR count). The predicted molar refractivity (Wildman–Crippen MR) is 115 cm³/mol. The number of nitrogens with zero attached hydrogens (tertiary/aromatic N) is 4. The van der Waals surface area contributed by atoms with Crippen LogP contribution in [0, 0.1) is 5.92 Å². The summed E-state index contributed by atoms with van der Waals surface area (Å²) in [6.45, 7) is 6.82. The summed E-state index contributed by atoms with van der Waals surface area (Å²) in [7, 11) is 2.16. The van der Waals surface area contributed by atoms with Crippen molar-refractivity contribution >= 4 is 22.8 Å². The second kappa shape index (κ2) is 8.76. The summed E-state index contributed by atoms with van der Waals surface area (Å²) < 4.78 is 7.09. The van der Waals surface area contributed by atoms with Crippen LogP contribution in [0.5, 0.6) is 0 Å². The molecule has 2 saturated heterocycles. The molecule has 7 nitrogen and oxygen atoms in total. The first kappa shape index (κ1) is 20.8. The van der Waals surface area contributed by atoms with Crippen molar-refractivity contribution in [3.8, 4) is 0 Å². The highest BCUT2D eigenvalue weighted by molar-refractivity contribution is 6.32. The largest absolute Gasteiger partial charge is 0.459 e. The Balaban J connectivity index is 1.59. The van der Waals surface area contributed by atoms with E-state index in [2.05, 4.69) is 41.9 Å². The maximum Gasteiger partial charge on any atom is 0.397 e. The molecular formula is C23H32N4O3. The van der Waals surface area contributed by atoms with E-state index in [1.807, 2.05) is 6.07 Å². The van der Waals surface area contributed by atoms with Crippen LogP contribution in [0.3, 0.4) is 0 Å². The zero-order valence-corrected chi connectivity index (χ0v) is 18.2. The normalized spacial score (nSPS) is 23.6. The quantitative estimate of drug-likeness (QED) is 0.572. The van der Waals surface area contributed by atoms with Crippen molar-refractivity contribution in [2.24, 2.45) is 5.92 Å². The number of amides is 1. The van der Waals surface area contributed by atoms with Crippen LogP contribution >= 0.6 is 0 Å². The molecule has 0 unspecified atom stereocenters. The highest BCUT2D eigenvalue weighted by Gasteiger charge is 2.35. The van der Waals surface area contributed by atoms with Crippen molar-refractivity contribution in [1.29, 1.82) is 0 Å². The van der Waals surface area contributed by atoms with E-state index >= 15 is 0 Å². The third-order valence-electron chi connectivity index (χ3n) is 6.52. The van der Waals surface area contributed by atoms with E-state index in [4.69, 9.17) is 9.84 Å². The van der Waals surface area contributed by atoms with Crippen LogP contribution in [-0.2, 0) is 14.3 Å². The van der Waals surface area contributed by atoms with Crippen LogP contribution in [0.15, 0.2) is 24.4 Å². The van der Waals surface area contributed by atoms with Gasteiger partial charge < -0.3 is 14.5 Å². The molecule has 7 heteroatoms. The monoisotopic (exact) mass is 412 g/mol. The van der Waals surface area contributed by atoms with Gasteiger partial charge in [0.25, 0.3) is 0 Å². The van der Waals surface area contributed by atoms with E-state index in [-0.39, 0.29) is 12.6 Å². The maximum atomic E-state index is 12.7. The number of benzene rings is 1. The summed E-state index contributed by atoms with van der Waals surface area (Å²) in [5, 5.41) is 5.90. The zero-order chi connectivity index (χ0) is 21.3. The average molecular weight is 413 g/mol. The molecule has 0 radical (unpaired) electrons. The van der Waals surface area contributed by atoms with Crippen molar-refractivity contribution in [3.63, 3.8) is 0 Å². The first-order chi connectivity index (χ1) is 14.5. The number of carbonyl (C=O) groups excluding carboxylic acids is 2. The van der Waals surface area contributed by atoms with Gasteiger partial charge in [-0.1, -0.05) is 13.0 Å². The van der Waals surface area contributed by atoms with Crippen molar-refractivity contribution < 1.29 is 14.3 Å². The molecule has 1 aromatic carbocycles. The highest BCUT2D eigenvalue weighted by atomic mass is 16.5. The first-order valence-electron chi connectivity index (χ1n) is 11.1. The predicted octanol–water partition coefficient (Wildman–Crippen LogP) is 3.17. The van der Waals surface area contributed by atoms with Crippen LogP contribution in [0.25, 0.3) is 10.9 Å². The third kappa shape index (κ3) is 4.21. The van der Waals surface area contributed by atoms with E-state index in [0.29, 0.717) is 18.5 Å². The molecule has 0 aliphatic carbocycles. The van der Waals surface area contributed by atoms with Crippen LogP contribution in [0.2, 0.25) is 0 Å². The lowest BCUT2D eigenvalue weighted by Gasteiger charge is -2.38. The Morgan fingerprint density at radius 3 is 2.67 bits per heavy atom. The number of esters is 1. The minimum Gasteiger partial charge on any atom is -0.459 e. The summed E-state index contributed by atoms with van der Waals surface area (Å²) in [4.78, 5) is 28.9. The molecule has 1 amide bonds. The number of ether oxygens (including phenoxy) is 1. The Morgan fingerprint density at radius 1 is 1.17 bits per heavy atom. The first-order valence-corrected chi connectivity index (χ1v) is 11.1. The molecule has 0 spiro atoms. The number of piperidine rings is 2. The SMILES string of the molecule is CCOC(=O)C(=O)N1C[C@@H](C)CC[C@@H]1c1ccc2nn(C3CCN(C)CC3)cc2c1. The Labute approximate surface area is 178 Å². The molecule has 0 saturated carbocycles. The van der Waals surface area contributed by atoms with Crippen molar-refractivity contribution in [2.75, 3.05) is 33.3 Å². The fraction of sp³-hybridized carbons (Fsp3) is 0.609. The molecule has 30 heavy (non-hydrogen) atoms. The number of aromatic nitrogens is 2. The summed E-state index contributed by atoms with van der Waals surface area (Å²) >= 11 is 0. The molecule has 162 valence electrons. The summed E-state index contributed by atoms with van der Waals surface area (Å²) in [5.74, 6) is -0.918. The van der Waals surface area contributed by atoms with Crippen LogP contribution in [-0.4, -0.2) is 64.7 Å². The Morgan fingerprint density at radius 2 is 1.93 bits per heavy atom. The minimum absolute atomic E-state index is 0.103. The number of hydrogen-bond acceptors (Lipinski definition) is 5. The third-order valence-corrected chi connectivity index (χ3v) is 6.52. The average Bonchev–Trinajstić information content (AvgIpc) is 3.17. The van der Waals surface area contributed by atoms with Crippen LogP contribution < -0.4 is 0 Å². The van der Waals surface area contributed by atoms with Gasteiger partial charge in [0, 0.05) is 18.1 Å². The van der Waals surface area contributed by atoms with E-state index in [0.717, 1.165) is 55.2 Å². The molecule has 1 aromatic heterocycles. The number of rotatable bonds is 3. The molecule has 2 aliphatic heterocycles. The van der Waals surface area contributed by atoms with Gasteiger partial charge in [-0.3, -0.25) is 9.48 Å². The molecule has 3 heterocycles. The molecule has 0 N–H and O–H groups in total. The second-order valence-electron chi connectivity index (χ2n) is 8.84. The van der Waals surface area contributed by atoms with Gasteiger partial charge in [-0.05, 0) is 76.4 Å². The number of likely N-dealkylation sites (tertiary alicyclic amines) is 2. The topological polar surface area (TPSA) is 67.7 Å². The fourth-order valence-electron chi connectivity index (χ4n) is 4.75. The van der Waals surface area contributed by atoms with Gasteiger partial charge in [0.05, 0.1) is 24.2 Å². The van der Waals surface area contributed by atoms with Crippen LogP contribution in [0.1, 0.15) is 57.2 Å². The van der Waals surface area contributed by atoms with E-state index in [9.17, 15) is 9.59 Å². The van der Waals surface area contributed by atoms with Gasteiger partial charge in [-0.15, -0.1) is 0 Å². The van der Waals surface area contributed by atoms with Gasteiger partial charge >= 0.3 is 11.9 Å². The number of carbonyl (C=O) groups is 2. The van der Waals surface area contributed by atoms with Gasteiger partial charge in [0.1, 0.15) is 0 Å². The molecule has 2 fully saturated rings. The van der Waals surface area contributed by atoms with E-state index in [1.165, 1.54) is 0 Å². The fourth-order valence-corrected chi connectivity index (χ4v) is 4.75. The second-order valence-corrected chi connectivity index (χ2v) is 8.84. The van der Waals surface area contributed by atoms with Crippen LogP contribution in [0.4, 0.5) is 0 Å². The van der Waals surface area contributed by atoms with E-state index < -0.39 is 11.9 Å². The smallest absolute Gasteiger partial charge is 0.397 e. The number of fused-ring (bicyclic) bond motifs is 1. The minimum atomic E-state index is -0.757. The zero-order valence-electron chi connectivity index (χ0n) is 18.2. The number of hydrogen-bond donors (Lipinski definition) is 0. The highest BCUT2D eigenvalue weighted by Crippen LogP contribution is 2.35. The van der Waals surface area contributed by atoms with Gasteiger partial charge in [0.15, 0.2) is 0 Å². The van der Waals surface area contributed by atoms with Crippen molar-refractivity contribution in [2.45, 2.75) is 51.6 Å². The Hall–Kier alpha value is -2.41. The maximum absolute atomic E-state index is 12.7. The van der Waals surface area contributed by atoms with Crippen molar-refractivity contribution in [1.82, 2.24) is 19.6 Å².